The lowest BCUT2D eigenvalue weighted by Crippen LogP contribution is -2.24. The van der Waals surface area contributed by atoms with Gasteiger partial charge in [-0.25, -0.2) is 9.37 Å². The van der Waals surface area contributed by atoms with Crippen LogP contribution in [0.3, 0.4) is 0 Å². The van der Waals surface area contributed by atoms with Gasteiger partial charge in [0.05, 0.1) is 16.6 Å². The summed E-state index contributed by atoms with van der Waals surface area (Å²) < 4.78 is 14.9. The molecule has 1 heterocycles. The zero-order valence-corrected chi connectivity index (χ0v) is 11.8. The number of rotatable bonds is 3. The first kappa shape index (κ1) is 13.8. The van der Waals surface area contributed by atoms with Crippen molar-refractivity contribution in [3.8, 4) is 5.69 Å². The molecule has 0 radical (unpaired) electrons. The molecule has 0 N–H and O–H groups in total. The van der Waals surface area contributed by atoms with Crippen LogP contribution in [0.1, 0.15) is 5.82 Å². The summed E-state index contributed by atoms with van der Waals surface area (Å²) in [7, 11) is 0. The third kappa shape index (κ3) is 2.54. The fourth-order valence-electron chi connectivity index (χ4n) is 2.30. The smallest absolute Gasteiger partial charge is 0.266 e. The van der Waals surface area contributed by atoms with Crippen LogP contribution in [0.2, 0.25) is 0 Å². The second kappa shape index (κ2) is 5.66. The van der Waals surface area contributed by atoms with Crippen LogP contribution in [-0.2, 0) is 6.42 Å². The highest BCUT2D eigenvalue weighted by Gasteiger charge is 2.12. The summed E-state index contributed by atoms with van der Waals surface area (Å²) in [5.74, 6) is 0.470. The monoisotopic (exact) mass is 302 g/mol. The SMILES string of the molecule is O=c1c2cc(F)ccc2nc(CCCl)n1-c1ccccc1. The van der Waals surface area contributed by atoms with Crippen LogP contribution >= 0.6 is 11.6 Å². The van der Waals surface area contributed by atoms with Crippen molar-refractivity contribution in [3.05, 3.63) is 70.5 Å². The predicted octanol–water partition coefficient (Wildman–Crippen LogP) is 3.31. The Balaban J connectivity index is 2.37. The number of aryl methyl sites for hydroxylation is 1. The van der Waals surface area contributed by atoms with Gasteiger partial charge in [-0.05, 0) is 30.3 Å². The van der Waals surface area contributed by atoms with E-state index in [4.69, 9.17) is 11.6 Å². The molecule has 0 amide bonds. The average molecular weight is 303 g/mol. The van der Waals surface area contributed by atoms with Crippen molar-refractivity contribution in [1.29, 1.82) is 0 Å². The maximum atomic E-state index is 13.4. The van der Waals surface area contributed by atoms with Gasteiger partial charge in [-0.3, -0.25) is 9.36 Å². The molecule has 3 nitrogen and oxygen atoms in total. The van der Waals surface area contributed by atoms with Crippen molar-refractivity contribution in [3.63, 3.8) is 0 Å². The summed E-state index contributed by atoms with van der Waals surface area (Å²) >= 11 is 5.81. The Bertz CT molecular complexity index is 846. The third-order valence-electron chi connectivity index (χ3n) is 3.23. The van der Waals surface area contributed by atoms with E-state index >= 15 is 0 Å². The molecule has 21 heavy (non-hydrogen) atoms. The Morgan fingerprint density at radius 3 is 2.62 bits per heavy atom. The Morgan fingerprint density at radius 1 is 1.14 bits per heavy atom. The topological polar surface area (TPSA) is 34.9 Å². The molecule has 0 saturated carbocycles. The molecule has 5 heteroatoms. The van der Waals surface area contributed by atoms with E-state index < -0.39 is 5.82 Å². The van der Waals surface area contributed by atoms with Gasteiger partial charge in [0.2, 0.25) is 0 Å². The van der Waals surface area contributed by atoms with E-state index in [1.54, 1.807) is 0 Å². The molecular weight excluding hydrogens is 291 g/mol. The van der Waals surface area contributed by atoms with Crippen LogP contribution in [-0.4, -0.2) is 15.4 Å². The lowest BCUT2D eigenvalue weighted by Gasteiger charge is -2.12. The van der Waals surface area contributed by atoms with E-state index in [-0.39, 0.29) is 10.9 Å². The molecule has 0 aliphatic rings. The highest BCUT2D eigenvalue weighted by Crippen LogP contribution is 2.14. The summed E-state index contributed by atoms with van der Waals surface area (Å²) in [6, 6.07) is 13.2. The van der Waals surface area contributed by atoms with Crippen molar-refractivity contribution in [2.24, 2.45) is 0 Å². The number of hydrogen-bond acceptors (Lipinski definition) is 2. The Hall–Kier alpha value is -2.20. The van der Waals surface area contributed by atoms with Crippen molar-refractivity contribution in [1.82, 2.24) is 9.55 Å². The minimum Gasteiger partial charge on any atom is -0.268 e. The van der Waals surface area contributed by atoms with Crippen LogP contribution in [0.25, 0.3) is 16.6 Å². The molecule has 0 fully saturated rings. The number of benzene rings is 2. The Labute approximate surface area is 125 Å². The maximum absolute atomic E-state index is 13.4. The van der Waals surface area contributed by atoms with Gasteiger partial charge in [-0.1, -0.05) is 18.2 Å². The lowest BCUT2D eigenvalue weighted by atomic mass is 10.2. The number of para-hydroxylation sites is 1. The molecule has 3 rings (SSSR count). The van der Waals surface area contributed by atoms with Gasteiger partial charge in [-0.15, -0.1) is 11.6 Å². The number of fused-ring (bicyclic) bond motifs is 1. The van der Waals surface area contributed by atoms with Crippen molar-refractivity contribution < 1.29 is 4.39 Å². The summed E-state index contributed by atoms with van der Waals surface area (Å²) in [5.41, 5.74) is 0.890. The minimum absolute atomic E-state index is 0.261. The third-order valence-corrected chi connectivity index (χ3v) is 3.42. The zero-order chi connectivity index (χ0) is 14.8. The van der Waals surface area contributed by atoms with Gasteiger partial charge in [0.15, 0.2) is 0 Å². The normalized spacial score (nSPS) is 11.0. The Kier molecular flexibility index (Phi) is 3.71. The van der Waals surface area contributed by atoms with Crippen LogP contribution in [0, 0.1) is 5.82 Å². The fraction of sp³-hybridized carbons (Fsp3) is 0.125. The second-order valence-corrected chi connectivity index (χ2v) is 4.98. The van der Waals surface area contributed by atoms with Crippen molar-refractivity contribution >= 4 is 22.5 Å². The number of halogens is 2. The van der Waals surface area contributed by atoms with Gasteiger partial charge in [-0.2, -0.15) is 0 Å². The quantitative estimate of drug-likeness (QED) is 0.696. The molecule has 0 aliphatic heterocycles. The van der Waals surface area contributed by atoms with Crippen LogP contribution < -0.4 is 5.56 Å². The van der Waals surface area contributed by atoms with Crippen LogP contribution in [0.5, 0.6) is 0 Å². The highest BCUT2D eigenvalue weighted by atomic mass is 35.5. The molecular formula is C16H12ClFN2O. The number of hydrogen-bond donors (Lipinski definition) is 0. The minimum atomic E-state index is -0.453. The molecule has 0 aliphatic carbocycles. The first-order chi connectivity index (χ1) is 10.2. The maximum Gasteiger partial charge on any atom is 0.266 e. The molecule has 0 unspecified atom stereocenters. The first-order valence-corrected chi connectivity index (χ1v) is 7.07. The number of alkyl halides is 1. The average Bonchev–Trinajstić information content (AvgIpc) is 2.50. The van der Waals surface area contributed by atoms with Crippen LogP contribution in [0.15, 0.2) is 53.3 Å². The van der Waals surface area contributed by atoms with E-state index in [0.717, 1.165) is 0 Å². The van der Waals surface area contributed by atoms with Crippen LogP contribution in [0.4, 0.5) is 4.39 Å². The predicted molar refractivity (Wildman–Crippen MR) is 81.7 cm³/mol. The summed E-state index contributed by atoms with van der Waals surface area (Å²) in [6.07, 6.45) is 0.457. The van der Waals surface area contributed by atoms with E-state index in [1.807, 2.05) is 30.3 Å². The fourth-order valence-corrected chi connectivity index (χ4v) is 2.47. The molecule has 0 bridgehead atoms. The van der Waals surface area contributed by atoms with E-state index in [0.29, 0.717) is 29.3 Å². The molecule has 2 aromatic carbocycles. The summed E-state index contributed by atoms with van der Waals surface area (Å²) in [4.78, 5) is 17.1. The summed E-state index contributed by atoms with van der Waals surface area (Å²) in [6.45, 7) is 0. The Morgan fingerprint density at radius 2 is 1.90 bits per heavy atom. The molecule has 0 atom stereocenters. The van der Waals surface area contributed by atoms with Gasteiger partial charge in [0, 0.05) is 12.3 Å². The first-order valence-electron chi connectivity index (χ1n) is 6.53. The van der Waals surface area contributed by atoms with Gasteiger partial charge in [0.25, 0.3) is 5.56 Å². The molecule has 3 aromatic rings. The van der Waals surface area contributed by atoms with Gasteiger partial charge < -0.3 is 0 Å². The molecule has 1 aromatic heterocycles. The largest absolute Gasteiger partial charge is 0.268 e. The molecule has 0 saturated heterocycles. The number of nitrogens with zero attached hydrogens (tertiary/aromatic N) is 2. The lowest BCUT2D eigenvalue weighted by molar-refractivity contribution is 0.629. The molecule has 0 spiro atoms. The van der Waals surface area contributed by atoms with E-state index in [2.05, 4.69) is 4.98 Å². The second-order valence-electron chi connectivity index (χ2n) is 4.60. The highest BCUT2D eigenvalue weighted by molar-refractivity contribution is 6.17. The zero-order valence-electron chi connectivity index (χ0n) is 11.1. The number of aromatic nitrogens is 2. The molecule has 106 valence electrons. The van der Waals surface area contributed by atoms with E-state index in [9.17, 15) is 9.18 Å². The van der Waals surface area contributed by atoms with Crippen molar-refractivity contribution in [2.45, 2.75) is 6.42 Å². The summed E-state index contributed by atoms with van der Waals surface area (Å²) in [5, 5.41) is 0.261. The van der Waals surface area contributed by atoms with E-state index in [1.165, 1.54) is 22.8 Å². The van der Waals surface area contributed by atoms with Gasteiger partial charge >= 0.3 is 0 Å². The van der Waals surface area contributed by atoms with Crippen molar-refractivity contribution in [2.75, 3.05) is 5.88 Å². The standard InChI is InChI=1S/C16H12ClFN2O/c17-9-8-15-19-14-7-6-11(18)10-13(14)16(21)20(15)12-4-2-1-3-5-12/h1-7,10H,8-9H2. The van der Waals surface area contributed by atoms with Gasteiger partial charge in [0.1, 0.15) is 11.6 Å².